The zero-order valence-corrected chi connectivity index (χ0v) is 5.77. The third-order valence-corrected chi connectivity index (χ3v) is 1.82. The summed E-state index contributed by atoms with van der Waals surface area (Å²) >= 11 is -1.31. The standard InChI is InChI=1S/C5H7NO2S/c1-8-9(7)5-3-2-4-6-5/h2-4,6H,1H3. The van der Waals surface area contributed by atoms with E-state index in [1.807, 2.05) is 0 Å². The number of nitrogens with one attached hydrogen (secondary N) is 1. The van der Waals surface area contributed by atoms with Crippen LogP contribution in [-0.4, -0.2) is 16.3 Å². The molecule has 0 saturated carbocycles. The van der Waals surface area contributed by atoms with Crippen LogP contribution in [0.5, 0.6) is 0 Å². The highest BCUT2D eigenvalue weighted by Crippen LogP contribution is 2.00. The van der Waals surface area contributed by atoms with Crippen molar-refractivity contribution in [2.45, 2.75) is 5.03 Å². The molecule has 0 aromatic carbocycles. The first-order valence-corrected chi connectivity index (χ1v) is 3.51. The summed E-state index contributed by atoms with van der Waals surface area (Å²) in [6, 6.07) is 3.48. The van der Waals surface area contributed by atoms with Crippen LogP contribution in [0.25, 0.3) is 0 Å². The van der Waals surface area contributed by atoms with Gasteiger partial charge in [0.1, 0.15) is 5.03 Å². The lowest BCUT2D eigenvalue weighted by molar-refractivity contribution is 0.444. The zero-order chi connectivity index (χ0) is 6.69. The molecule has 0 saturated heterocycles. The molecule has 0 aliphatic rings. The fraction of sp³-hybridized carbons (Fsp3) is 0.200. The summed E-state index contributed by atoms with van der Waals surface area (Å²) in [6.45, 7) is 0. The predicted octanol–water partition coefficient (Wildman–Crippen LogP) is 0.684. The maximum Gasteiger partial charge on any atom is 0.205 e. The highest BCUT2D eigenvalue weighted by molar-refractivity contribution is 7.80. The average Bonchev–Trinajstić information content (AvgIpc) is 2.37. The SMILES string of the molecule is COS(=O)c1ccc[nH]1. The summed E-state index contributed by atoms with van der Waals surface area (Å²) in [6.07, 6.45) is 1.70. The molecule has 1 rings (SSSR count). The number of H-pyrrole nitrogens is 1. The molecule has 1 atom stereocenters. The monoisotopic (exact) mass is 145 g/mol. The molecule has 1 aromatic heterocycles. The molecule has 9 heavy (non-hydrogen) atoms. The first-order chi connectivity index (χ1) is 4.34. The van der Waals surface area contributed by atoms with E-state index in [0.29, 0.717) is 5.03 Å². The van der Waals surface area contributed by atoms with Gasteiger partial charge in [-0.05, 0) is 12.1 Å². The smallest absolute Gasteiger partial charge is 0.205 e. The molecular weight excluding hydrogens is 138 g/mol. The third kappa shape index (κ3) is 1.40. The van der Waals surface area contributed by atoms with Gasteiger partial charge in [-0.25, -0.2) is 4.21 Å². The average molecular weight is 145 g/mol. The van der Waals surface area contributed by atoms with E-state index < -0.39 is 11.1 Å². The van der Waals surface area contributed by atoms with Gasteiger partial charge in [0.15, 0.2) is 0 Å². The molecule has 1 heterocycles. The summed E-state index contributed by atoms with van der Waals surface area (Å²) in [4.78, 5) is 2.76. The second kappa shape index (κ2) is 2.80. The lowest BCUT2D eigenvalue weighted by Gasteiger charge is -1.90. The summed E-state index contributed by atoms with van der Waals surface area (Å²) in [5.74, 6) is 0. The number of rotatable bonds is 2. The Hall–Kier alpha value is -0.610. The first-order valence-electron chi connectivity index (χ1n) is 2.44. The first kappa shape index (κ1) is 6.51. The van der Waals surface area contributed by atoms with E-state index in [1.165, 1.54) is 7.11 Å². The van der Waals surface area contributed by atoms with Gasteiger partial charge in [0.2, 0.25) is 11.1 Å². The number of hydrogen-bond acceptors (Lipinski definition) is 2. The van der Waals surface area contributed by atoms with E-state index in [9.17, 15) is 4.21 Å². The van der Waals surface area contributed by atoms with Crippen LogP contribution >= 0.6 is 0 Å². The topological polar surface area (TPSA) is 42.1 Å². The molecular formula is C5H7NO2S. The van der Waals surface area contributed by atoms with Crippen LogP contribution in [0.1, 0.15) is 0 Å². The Kier molecular flexibility index (Phi) is 2.02. The molecule has 0 bridgehead atoms. The second-order valence-electron chi connectivity index (χ2n) is 1.44. The Balaban J connectivity index is 2.77. The van der Waals surface area contributed by atoms with Gasteiger partial charge in [-0.3, -0.25) is 4.18 Å². The van der Waals surface area contributed by atoms with Crippen molar-refractivity contribution < 1.29 is 8.39 Å². The highest BCUT2D eigenvalue weighted by atomic mass is 32.2. The van der Waals surface area contributed by atoms with Gasteiger partial charge in [0.05, 0.1) is 7.11 Å². The zero-order valence-electron chi connectivity index (χ0n) is 4.96. The molecule has 0 fully saturated rings. The van der Waals surface area contributed by atoms with Crippen LogP contribution in [0.3, 0.4) is 0 Å². The van der Waals surface area contributed by atoms with E-state index in [1.54, 1.807) is 18.3 Å². The summed E-state index contributed by atoms with van der Waals surface area (Å²) in [7, 11) is 1.40. The second-order valence-corrected chi connectivity index (χ2v) is 2.68. The Morgan fingerprint density at radius 1 is 1.78 bits per heavy atom. The molecule has 0 aliphatic carbocycles. The summed E-state index contributed by atoms with van der Waals surface area (Å²) in [5, 5.41) is 0.595. The molecule has 50 valence electrons. The van der Waals surface area contributed by atoms with Gasteiger partial charge >= 0.3 is 0 Å². The molecule has 4 heteroatoms. The maximum absolute atomic E-state index is 10.7. The fourth-order valence-electron chi connectivity index (χ4n) is 0.507. The molecule has 0 aliphatic heterocycles. The lowest BCUT2D eigenvalue weighted by atomic mass is 10.7. The third-order valence-electron chi connectivity index (χ3n) is 0.900. The van der Waals surface area contributed by atoms with Crippen LogP contribution in [0.2, 0.25) is 0 Å². The predicted molar refractivity (Wildman–Crippen MR) is 34.2 cm³/mol. The van der Waals surface area contributed by atoms with E-state index in [0.717, 1.165) is 0 Å². The lowest BCUT2D eigenvalue weighted by Crippen LogP contribution is -1.91. The Morgan fingerprint density at radius 2 is 2.56 bits per heavy atom. The van der Waals surface area contributed by atoms with Crippen LogP contribution < -0.4 is 0 Å². The normalized spacial score (nSPS) is 13.4. The number of hydrogen-bond donors (Lipinski definition) is 1. The quantitative estimate of drug-likeness (QED) is 0.665. The molecule has 1 unspecified atom stereocenters. The van der Waals surface area contributed by atoms with Gasteiger partial charge in [-0.2, -0.15) is 0 Å². The largest absolute Gasteiger partial charge is 0.353 e. The van der Waals surface area contributed by atoms with Crippen molar-refractivity contribution in [2.75, 3.05) is 7.11 Å². The van der Waals surface area contributed by atoms with Crippen LogP contribution in [0.15, 0.2) is 23.4 Å². The highest BCUT2D eigenvalue weighted by Gasteiger charge is 1.99. The molecule has 0 amide bonds. The van der Waals surface area contributed by atoms with Crippen molar-refractivity contribution in [2.24, 2.45) is 0 Å². The van der Waals surface area contributed by atoms with E-state index in [-0.39, 0.29) is 0 Å². The van der Waals surface area contributed by atoms with Gasteiger partial charge in [-0.15, -0.1) is 0 Å². The minimum absolute atomic E-state index is 0.595. The van der Waals surface area contributed by atoms with E-state index >= 15 is 0 Å². The van der Waals surface area contributed by atoms with Crippen molar-refractivity contribution in [3.63, 3.8) is 0 Å². The van der Waals surface area contributed by atoms with Gasteiger partial charge in [-0.1, -0.05) is 0 Å². The molecule has 1 aromatic rings. The molecule has 1 N–H and O–H groups in total. The van der Waals surface area contributed by atoms with Gasteiger partial charge in [0, 0.05) is 6.20 Å². The Bertz CT molecular complexity index is 195. The number of aromatic nitrogens is 1. The van der Waals surface area contributed by atoms with Gasteiger partial charge in [0.25, 0.3) is 0 Å². The van der Waals surface area contributed by atoms with Crippen LogP contribution in [-0.2, 0) is 15.3 Å². The van der Waals surface area contributed by atoms with Crippen LogP contribution in [0.4, 0.5) is 0 Å². The minimum atomic E-state index is -1.31. The van der Waals surface area contributed by atoms with Crippen molar-refractivity contribution in [3.8, 4) is 0 Å². The number of aromatic amines is 1. The summed E-state index contributed by atoms with van der Waals surface area (Å²) < 4.78 is 15.3. The minimum Gasteiger partial charge on any atom is -0.353 e. The maximum atomic E-state index is 10.7. The van der Waals surface area contributed by atoms with Crippen molar-refractivity contribution in [1.82, 2.24) is 4.98 Å². The van der Waals surface area contributed by atoms with Crippen molar-refractivity contribution >= 4 is 11.1 Å². The molecule has 0 radical (unpaired) electrons. The van der Waals surface area contributed by atoms with Crippen LogP contribution in [0, 0.1) is 0 Å². The van der Waals surface area contributed by atoms with Crippen molar-refractivity contribution in [1.29, 1.82) is 0 Å². The van der Waals surface area contributed by atoms with E-state index in [4.69, 9.17) is 0 Å². The fourth-order valence-corrected chi connectivity index (χ4v) is 1.04. The molecule has 0 spiro atoms. The van der Waals surface area contributed by atoms with Gasteiger partial charge < -0.3 is 4.98 Å². The Labute approximate surface area is 55.7 Å². The van der Waals surface area contributed by atoms with E-state index in [2.05, 4.69) is 9.17 Å². The molecule has 3 nitrogen and oxygen atoms in total. The van der Waals surface area contributed by atoms with Crippen molar-refractivity contribution in [3.05, 3.63) is 18.3 Å². The Morgan fingerprint density at radius 3 is 3.00 bits per heavy atom. The summed E-state index contributed by atoms with van der Waals surface area (Å²) in [5.41, 5.74) is 0.